The third-order valence-corrected chi connectivity index (χ3v) is 3.50. The van der Waals surface area contributed by atoms with E-state index in [1.165, 1.54) is 12.8 Å². The number of nitrogens with zero attached hydrogens (tertiary/aromatic N) is 3. The summed E-state index contributed by atoms with van der Waals surface area (Å²) in [5.74, 6) is 7.95. The van der Waals surface area contributed by atoms with Crippen LogP contribution in [0.1, 0.15) is 12.8 Å². The average molecular weight is 219 g/mol. The molecule has 3 heterocycles. The summed E-state index contributed by atoms with van der Waals surface area (Å²) < 4.78 is 3.72. The van der Waals surface area contributed by atoms with Gasteiger partial charge in [0.2, 0.25) is 0 Å². The molecule has 0 aliphatic carbocycles. The summed E-state index contributed by atoms with van der Waals surface area (Å²) in [6, 6.07) is 4.05. The Morgan fingerprint density at radius 3 is 2.44 bits per heavy atom. The molecule has 0 atom stereocenters. The quantitative estimate of drug-likeness (QED) is 0.700. The Kier molecular flexibility index (Phi) is 1.83. The predicted molar refractivity (Wildman–Crippen MR) is 66.9 cm³/mol. The van der Waals surface area contributed by atoms with Crippen LogP contribution in [0.5, 0.6) is 0 Å². The second-order valence-electron chi connectivity index (χ2n) is 4.47. The van der Waals surface area contributed by atoms with Crippen LogP contribution in [0.4, 0.5) is 11.6 Å². The van der Waals surface area contributed by atoms with Gasteiger partial charge < -0.3 is 21.0 Å². The maximum absolute atomic E-state index is 6.11. The first-order valence-corrected chi connectivity index (χ1v) is 5.65. The van der Waals surface area contributed by atoms with Crippen LogP contribution in [0.15, 0.2) is 12.1 Å². The maximum atomic E-state index is 6.11. The third-order valence-electron chi connectivity index (χ3n) is 3.50. The van der Waals surface area contributed by atoms with Crippen molar-refractivity contribution >= 4 is 22.7 Å². The number of anilines is 2. The fourth-order valence-corrected chi connectivity index (χ4v) is 2.49. The normalized spacial score (nSPS) is 16.4. The van der Waals surface area contributed by atoms with E-state index in [9.17, 15) is 0 Å². The topological polar surface area (TPSA) is 65.1 Å². The molecule has 1 fully saturated rings. The molecule has 1 aliphatic heterocycles. The van der Waals surface area contributed by atoms with Gasteiger partial charge in [-0.3, -0.25) is 0 Å². The van der Waals surface area contributed by atoms with Crippen molar-refractivity contribution in [1.82, 2.24) is 9.24 Å². The lowest BCUT2D eigenvalue weighted by Crippen LogP contribution is -2.24. The third kappa shape index (κ3) is 1.11. The van der Waals surface area contributed by atoms with E-state index in [4.69, 9.17) is 11.6 Å². The Balaban J connectivity index is 2.16. The Bertz CT molecular complexity index is 530. The molecule has 0 bridgehead atoms. The van der Waals surface area contributed by atoms with Gasteiger partial charge in [-0.25, -0.2) is 4.68 Å². The number of hydrogen-bond donors (Lipinski definition) is 2. The molecule has 4 N–H and O–H groups in total. The number of rotatable bonds is 1. The van der Waals surface area contributed by atoms with Crippen molar-refractivity contribution in [3.63, 3.8) is 0 Å². The van der Waals surface area contributed by atoms with E-state index in [0.717, 1.165) is 35.8 Å². The second-order valence-corrected chi connectivity index (χ2v) is 4.47. The van der Waals surface area contributed by atoms with Crippen LogP contribution in [0.25, 0.3) is 11.0 Å². The van der Waals surface area contributed by atoms with Crippen LogP contribution in [0.2, 0.25) is 0 Å². The van der Waals surface area contributed by atoms with Crippen LogP contribution in [0, 0.1) is 0 Å². The Morgan fingerprint density at radius 2 is 1.81 bits per heavy atom. The van der Waals surface area contributed by atoms with Gasteiger partial charge in [0.1, 0.15) is 11.6 Å². The van der Waals surface area contributed by atoms with Gasteiger partial charge in [-0.05, 0) is 12.8 Å². The second kappa shape index (κ2) is 3.10. The predicted octanol–water partition coefficient (Wildman–Crippen LogP) is 0.876. The number of aryl methyl sites for hydroxylation is 1. The molecule has 0 unspecified atom stereocenters. The Hall–Kier alpha value is -1.78. The highest BCUT2D eigenvalue weighted by molar-refractivity contribution is 5.86. The molecule has 0 amide bonds. The fraction of sp³-hybridized carbons (Fsp3) is 0.455. The lowest BCUT2D eigenvalue weighted by atomic mass is 10.4. The summed E-state index contributed by atoms with van der Waals surface area (Å²) in [6.07, 6.45) is 2.51. The van der Waals surface area contributed by atoms with E-state index in [1.54, 1.807) is 4.68 Å². The largest absolute Gasteiger partial charge is 0.385 e. The first-order chi connectivity index (χ1) is 7.68. The number of aromatic nitrogens is 2. The lowest BCUT2D eigenvalue weighted by molar-refractivity contribution is 0.894. The van der Waals surface area contributed by atoms with Crippen molar-refractivity contribution in [3.05, 3.63) is 12.1 Å². The highest BCUT2D eigenvalue weighted by Gasteiger charge is 2.19. The molecule has 0 spiro atoms. The zero-order valence-electron chi connectivity index (χ0n) is 9.48. The van der Waals surface area contributed by atoms with Gasteiger partial charge in [0.25, 0.3) is 0 Å². The monoisotopic (exact) mass is 219 g/mol. The van der Waals surface area contributed by atoms with E-state index in [-0.39, 0.29) is 0 Å². The molecular formula is C11H17N5. The molecule has 5 heteroatoms. The molecule has 1 saturated heterocycles. The molecule has 0 radical (unpaired) electrons. The van der Waals surface area contributed by atoms with E-state index in [2.05, 4.69) is 11.0 Å². The molecule has 2 aromatic rings. The van der Waals surface area contributed by atoms with Gasteiger partial charge in [0.05, 0.1) is 11.0 Å². The smallest absolute Gasteiger partial charge is 0.130 e. The Morgan fingerprint density at radius 1 is 1.12 bits per heavy atom. The standard InChI is InChI=1S/C11H17N5/c1-14-8-7-11(15-4-2-3-5-15)16(13)9(8)6-10(14)12/h6-7H,2-5,12-13H2,1H3. The molecular weight excluding hydrogens is 202 g/mol. The van der Waals surface area contributed by atoms with Crippen molar-refractivity contribution in [2.75, 3.05) is 29.6 Å². The molecule has 0 aromatic carbocycles. The van der Waals surface area contributed by atoms with Crippen LogP contribution < -0.4 is 16.5 Å². The van der Waals surface area contributed by atoms with E-state index >= 15 is 0 Å². The minimum atomic E-state index is 0.747. The van der Waals surface area contributed by atoms with Crippen molar-refractivity contribution < 1.29 is 0 Å². The van der Waals surface area contributed by atoms with E-state index in [0.29, 0.717) is 0 Å². The van der Waals surface area contributed by atoms with E-state index in [1.807, 2.05) is 17.7 Å². The average Bonchev–Trinajstić information content (AvgIpc) is 2.92. The summed E-state index contributed by atoms with van der Waals surface area (Å²) in [4.78, 5) is 2.33. The van der Waals surface area contributed by atoms with Crippen molar-refractivity contribution in [3.8, 4) is 0 Å². The highest BCUT2D eigenvalue weighted by Crippen LogP contribution is 2.29. The SMILES string of the molecule is Cn1c(N)cc2c1cc(N1CCCC1)n2N. The molecule has 0 saturated carbocycles. The van der Waals surface area contributed by atoms with Gasteiger partial charge in [0, 0.05) is 32.3 Å². The van der Waals surface area contributed by atoms with E-state index < -0.39 is 0 Å². The Labute approximate surface area is 94.2 Å². The van der Waals surface area contributed by atoms with Crippen LogP contribution in [0.3, 0.4) is 0 Å². The number of fused-ring (bicyclic) bond motifs is 1. The summed E-state index contributed by atoms with van der Waals surface area (Å²) >= 11 is 0. The first kappa shape index (κ1) is 9.45. The minimum Gasteiger partial charge on any atom is -0.385 e. The van der Waals surface area contributed by atoms with Crippen LogP contribution in [-0.2, 0) is 7.05 Å². The number of nitrogen functional groups attached to an aromatic ring is 2. The first-order valence-electron chi connectivity index (χ1n) is 5.65. The number of hydrogen-bond acceptors (Lipinski definition) is 3. The van der Waals surface area contributed by atoms with Crippen molar-refractivity contribution in [1.29, 1.82) is 0 Å². The summed E-state index contributed by atoms with van der Waals surface area (Å²) in [5, 5.41) is 0. The zero-order chi connectivity index (χ0) is 11.3. The van der Waals surface area contributed by atoms with Crippen LogP contribution >= 0.6 is 0 Å². The van der Waals surface area contributed by atoms with Crippen LogP contribution in [-0.4, -0.2) is 22.3 Å². The van der Waals surface area contributed by atoms with Gasteiger partial charge in [-0.15, -0.1) is 0 Å². The molecule has 1 aliphatic rings. The van der Waals surface area contributed by atoms with Gasteiger partial charge in [-0.2, -0.15) is 0 Å². The van der Waals surface area contributed by atoms with Gasteiger partial charge in [-0.1, -0.05) is 0 Å². The fourth-order valence-electron chi connectivity index (χ4n) is 2.49. The molecule has 16 heavy (non-hydrogen) atoms. The highest BCUT2D eigenvalue weighted by atomic mass is 15.4. The molecule has 2 aromatic heterocycles. The summed E-state index contributed by atoms with van der Waals surface area (Å²) in [5.41, 5.74) is 7.95. The molecule has 86 valence electrons. The minimum absolute atomic E-state index is 0.747. The van der Waals surface area contributed by atoms with Gasteiger partial charge in [0.15, 0.2) is 0 Å². The lowest BCUT2D eigenvalue weighted by Gasteiger charge is -2.17. The molecule has 5 nitrogen and oxygen atoms in total. The van der Waals surface area contributed by atoms with Gasteiger partial charge >= 0.3 is 0 Å². The molecule has 3 rings (SSSR count). The van der Waals surface area contributed by atoms with Crippen molar-refractivity contribution in [2.24, 2.45) is 7.05 Å². The number of nitrogens with two attached hydrogens (primary N) is 2. The maximum Gasteiger partial charge on any atom is 0.130 e. The van der Waals surface area contributed by atoms with Crippen molar-refractivity contribution in [2.45, 2.75) is 12.8 Å². The summed E-state index contributed by atoms with van der Waals surface area (Å²) in [7, 11) is 1.96. The zero-order valence-corrected chi connectivity index (χ0v) is 9.48. The summed E-state index contributed by atoms with van der Waals surface area (Å²) in [6.45, 7) is 2.20.